The average Bonchev–Trinajstić information content (AvgIpc) is 2.62. The van der Waals surface area contributed by atoms with Crippen molar-refractivity contribution in [2.24, 2.45) is 0 Å². The van der Waals surface area contributed by atoms with Crippen LogP contribution in [0.2, 0.25) is 0 Å². The summed E-state index contributed by atoms with van der Waals surface area (Å²) in [6.45, 7) is 3.75. The zero-order chi connectivity index (χ0) is 17.8. The Balaban J connectivity index is 1.63. The van der Waals surface area contributed by atoms with Gasteiger partial charge >= 0.3 is 0 Å². The van der Waals surface area contributed by atoms with Gasteiger partial charge in [0.15, 0.2) is 12.7 Å². The van der Waals surface area contributed by atoms with Gasteiger partial charge in [-0.2, -0.15) is 0 Å². The molecule has 2 amide bonds. The first kappa shape index (κ1) is 16.8. The number of aryl methyl sites for hydroxylation is 1. The van der Waals surface area contributed by atoms with Crippen molar-refractivity contribution >= 4 is 23.2 Å². The normalized spacial score (nSPS) is 13.9. The van der Waals surface area contributed by atoms with Gasteiger partial charge in [0.05, 0.1) is 5.69 Å². The van der Waals surface area contributed by atoms with Gasteiger partial charge in [0.2, 0.25) is 0 Å². The maximum Gasteiger partial charge on any atom is 0.265 e. The third-order valence-corrected chi connectivity index (χ3v) is 3.90. The van der Waals surface area contributed by atoms with Crippen molar-refractivity contribution in [3.05, 3.63) is 48.0 Å². The number of nitrogens with one attached hydrogen (secondary N) is 2. The molecule has 2 aromatic carbocycles. The zero-order valence-corrected chi connectivity index (χ0v) is 14.2. The van der Waals surface area contributed by atoms with Crippen molar-refractivity contribution in [2.75, 3.05) is 17.2 Å². The van der Waals surface area contributed by atoms with Crippen LogP contribution in [-0.4, -0.2) is 24.5 Å². The highest BCUT2D eigenvalue weighted by Crippen LogP contribution is 2.31. The van der Waals surface area contributed by atoms with Gasteiger partial charge in [0.1, 0.15) is 11.5 Å². The molecule has 0 saturated carbocycles. The fourth-order valence-electron chi connectivity index (χ4n) is 2.46. The van der Waals surface area contributed by atoms with Gasteiger partial charge in [-0.3, -0.25) is 9.59 Å². The summed E-state index contributed by atoms with van der Waals surface area (Å²) in [6, 6.07) is 12.8. The summed E-state index contributed by atoms with van der Waals surface area (Å²) >= 11 is 0. The number of hydrogen-bond donors (Lipinski definition) is 2. The lowest BCUT2D eigenvalue weighted by Crippen LogP contribution is -2.30. The highest BCUT2D eigenvalue weighted by molar-refractivity contribution is 5.96. The average molecular weight is 340 g/mol. The Morgan fingerprint density at radius 2 is 2.04 bits per heavy atom. The standard InChI is InChI=1S/C19H20N2O4/c1-3-13-4-6-14(7-5-13)20-19(23)12(2)25-15-8-9-17-16(10-15)21-18(22)11-24-17/h4-10,12H,3,11H2,1-2H3,(H,20,23)(H,21,22). The first-order valence-corrected chi connectivity index (χ1v) is 8.18. The van der Waals surface area contributed by atoms with Crippen LogP contribution in [0.1, 0.15) is 19.4 Å². The van der Waals surface area contributed by atoms with Crippen LogP contribution in [0.5, 0.6) is 11.5 Å². The van der Waals surface area contributed by atoms with E-state index >= 15 is 0 Å². The van der Waals surface area contributed by atoms with E-state index in [2.05, 4.69) is 17.6 Å². The predicted octanol–water partition coefficient (Wildman–Crippen LogP) is 2.99. The lowest BCUT2D eigenvalue weighted by molar-refractivity contribution is -0.122. The van der Waals surface area contributed by atoms with Gasteiger partial charge in [0.25, 0.3) is 11.8 Å². The molecular weight excluding hydrogens is 320 g/mol. The van der Waals surface area contributed by atoms with E-state index in [0.29, 0.717) is 17.2 Å². The molecule has 1 atom stereocenters. The molecule has 25 heavy (non-hydrogen) atoms. The second kappa shape index (κ2) is 7.25. The second-order valence-electron chi connectivity index (χ2n) is 5.79. The number of amides is 2. The Labute approximate surface area is 146 Å². The van der Waals surface area contributed by atoms with Gasteiger partial charge in [-0.05, 0) is 43.2 Å². The molecule has 3 rings (SSSR count). The van der Waals surface area contributed by atoms with Crippen molar-refractivity contribution in [3.8, 4) is 11.5 Å². The maximum atomic E-state index is 12.3. The Morgan fingerprint density at radius 1 is 1.28 bits per heavy atom. The minimum absolute atomic E-state index is 0.00281. The molecule has 0 saturated heterocycles. The molecule has 1 heterocycles. The van der Waals surface area contributed by atoms with E-state index in [1.807, 2.05) is 24.3 Å². The van der Waals surface area contributed by atoms with Crippen molar-refractivity contribution in [3.63, 3.8) is 0 Å². The third-order valence-electron chi connectivity index (χ3n) is 3.90. The van der Waals surface area contributed by atoms with Crippen LogP contribution < -0.4 is 20.1 Å². The molecule has 6 heteroatoms. The van der Waals surface area contributed by atoms with Crippen LogP contribution in [-0.2, 0) is 16.0 Å². The van der Waals surface area contributed by atoms with Crippen LogP contribution in [0.3, 0.4) is 0 Å². The molecule has 1 aliphatic heterocycles. The van der Waals surface area contributed by atoms with Crippen LogP contribution >= 0.6 is 0 Å². The van der Waals surface area contributed by atoms with E-state index in [-0.39, 0.29) is 18.4 Å². The van der Waals surface area contributed by atoms with Gasteiger partial charge in [-0.25, -0.2) is 0 Å². The van der Waals surface area contributed by atoms with E-state index in [0.717, 1.165) is 12.1 Å². The molecule has 0 bridgehead atoms. The number of fused-ring (bicyclic) bond motifs is 1. The van der Waals surface area contributed by atoms with E-state index in [4.69, 9.17) is 9.47 Å². The lowest BCUT2D eigenvalue weighted by Gasteiger charge is -2.20. The number of anilines is 2. The topological polar surface area (TPSA) is 76.7 Å². The number of carbonyl (C=O) groups is 2. The quantitative estimate of drug-likeness (QED) is 0.877. The molecule has 1 aliphatic rings. The SMILES string of the molecule is CCc1ccc(NC(=O)C(C)Oc2ccc3c(c2)NC(=O)CO3)cc1. The van der Waals surface area contributed by atoms with Crippen molar-refractivity contribution in [2.45, 2.75) is 26.4 Å². The van der Waals surface area contributed by atoms with E-state index in [1.54, 1.807) is 25.1 Å². The van der Waals surface area contributed by atoms with Gasteiger partial charge in [0, 0.05) is 11.8 Å². The first-order chi connectivity index (χ1) is 12.0. The van der Waals surface area contributed by atoms with E-state index < -0.39 is 6.10 Å². The summed E-state index contributed by atoms with van der Waals surface area (Å²) in [5, 5.41) is 5.53. The van der Waals surface area contributed by atoms with E-state index in [9.17, 15) is 9.59 Å². The Kier molecular flexibility index (Phi) is 4.88. The smallest absolute Gasteiger partial charge is 0.265 e. The summed E-state index contributed by atoms with van der Waals surface area (Å²) < 4.78 is 11.0. The molecule has 0 spiro atoms. The second-order valence-corrected chi connectivity index (χ2v) is 5.79. The minimum Gasteiger partial charge on any atom is -0.482 e. The fourth-order valence-corrected chi connectivity index (χ4v) is 2.46. The van der Waals surface area contributed by atoms with Crippen LogP contribution in [0.15, 0.2) is 42.5 Å². The Hall–Kier alpha value is -3.02. The fraction of sp³-hybridized carbons (Fsp3) is 0.263. The van der Waals surface area contributed by atoms with Crippen LogP contribution in [0.4, 0.5) is 11.4 Å². The van der Waals surface area contributed by atoms with Crippen LogP contribution in [0, 0.1) is 0 Å². The number of ether oxygens (including phenoxy) is 2. The summed E-state index contributed by atoms with van der Waals surface area (Å²) in [6.07, 6.45) is 0.260. The third kappa shape index (κ3) is 4.09. The number of benzene rings is 2. The number of hydrogen-bond acceptors (Lipinski definition) is 4. The van der Waals surface area contributed by atoms with Gasteiger partial charge in [-0.15, -0.1) is 0 Å². The van der Waals surface area contributed by atoms with E-state index in [1.165, 1.54) is 5.56 Å². The molecule has 1 unspecified atom stereocenters. The van der Waals surface area contributed by atoms with Gasteiger partial charge < -0.3 is 20.1 Å². The molecular formula is C19H20N2O4. The molecule has 0 radical (unpaired) electrons. The van der Waals surface area contributed by atoms with Crippen LogP contribution in [0.25, 0.3) is 0 Å². The minimum atomic E-state index is -0.691. The molecule has 0 aliphatic carbocycles. The highest BCUT2D eigenvalue weighted by atomic mass is 16.5. The molecule has 6 nitrogen and oxygen atoms in total. The summed E-state index contributed by atoms with van der Waals surface area (Å²) in [5.41, 5.74) is 2.47. The first-order valence-electron chi connectivity index (χ1n) is 8.18. The highest BCUT2D eigenvalue weighted by Gasteiger charge is 2.19. The monoisotopic (exact) mass is 340 g/mol. The molecule has 0 fully saturated rings. The summed E-state index contributed by atoms with van der Waals surface area (Å²) in [7, 11) is 0. The Bertz CT molecular complexity index is 787. The molecule has 2 aromatic rings. The zero-order valence-electron chi connectivity index (χ0n) is 14.2. The molecule has 0 aromatic heterocycles. The van der Waals surface area contributed by atoms with Crippen molar-refractivity contribution in [1.29, 1.82) is 0 Å². The van der Waals surface area contributed by atoms with Crippen molar-refractivity contribution < 1.29 is 19.1 Å². The largest absolute Gasteiger partial charge is 0.482 e. The number of rotatable bonds is 5. The van der Waals surface area contributed by atoms with Gasteiger partial charge in [-0.1, -0.05) is 19.1 Å². The maximum absolute atomic E-state index is 12.3. The lowest BCUT2D eigenvalue weighted by atomic mass is 10.1. The molecule has 2 N–H and O–H groups in total. The summed E-state index contributed by atoms with van der Waals surface area (Å²) in [5.74, 6) is 0.599. The predicted molar refractivity (Wildman–Crippen MR) is 95.1 cm³/mol. The number of carbonyl (C=O) groups excluding carboxylic acids is 2. The Morgan fingerprint density at radius 3 is 2.76 bits per heavy atom. The summed E-state index contributed by atoms with van der Waals surface area (Å²) in [4.78, 5) is 23.7. The van der Waals surface area contributed by atoms with Crippen molar-refractivity contribution in [1.82, 2.24) is 0 Å². The molecule has 130 valence electrons.